The Bertz CT molecular complexity index is 100. The van der Waals surface area contributed by atoms with E-state index in [9.17, 15) is 0 Å². The van der Waals surface area contributed by atoms with Crippen molar-refractivity contribution in [2.45, 2.75) is 0 Å². The van der Waals surface area contributed by atoms with Crippen LogP contribution in [-0.2, 0) is 0 Å². The van der Waals surface area contributed by atoms with Crippen LogP contribution in [0.5, 0.6) is 0 Å². The third-order valence-electron chi connectivity index (χ3n) is 0.102. The predicted octanol–water partition coefficient (Wildman–Crippen LogP) is -0.816. The average Bonchev–Trinajstić information content (AvgIpc) is 1.41. The van der Waals surface area contributed by atoms with Crippen LogP contribution in [-0.4, -0.2) is 0 Å². The molecule has 0 saturated carbocycles. The second kappa shape index (κ2) is 2.85. The molecule has 0 rings (SSSR count). The molecule has 0 atom stereocenters. The van der Waals surface area contributed by atoms with Gasteiger partial charge in [-0.3, -0.25) is 0 Å². The molecule has 0 spiro atoms. The van der Waals surface area contributed by atoms with Crippen LogP contribution in [0.3, 0.4) is 0 Å². The number of hydrogen-bond donors (Lipinski definition) is 0. The molecule has 0 aromatic carbocycles. The van der Waals surface area contributed by atoms with Crippen molar-refractivity contribution in [2.24, 2.45) is 0 Å². The predicted molar refractivity (Wildman–Crippen MR) is 14.4 cm³/mol. The highest BCUT2D eigenvalue weighted by molar-refractivity contribution is 4.97. The molecule has 0 heterocycles. The molecule has 0 bridgehead atoms. The molecule has 2 nitrogen and oxygen atoms in total. The standard InChI is InChI=1S/C3HNO/c1-4-2-3-5/h5H/p-1. The van der Waals surface area contributed by atoms with E-state index in [-0.39, 0.29) is 0 Å². The van der Waals surface area contributed by atoms with Gasteiger partial charge in [-0.1, -0.05) is 0 Å². The lowest BCUT2D eigenvalue weighted by Gasteiger charge is -1.69. The molecule has 24 valence electrons. The minimum atomic E-state index is 1.16. The fourth-order valence-electron chi connectivity index (χ4n) is 0.0228. The Kier molecular flexibility index (Phi) is 2.19. The van der Waals surface area contributed by atoms with Crippen molar-refractivity contribution in [1.82, 2.24) is 0 Å². The number of nitrogens with zero attached hydrogens (tertiary/aromatic N) is 1. The fraction of sp³-hybridized carbons (Fsp3) is 0. The molecule has 0 aliphatic carbocycles. The lowest BCUT2D eigenvalue weighted by Crippen LogP contribution is -1.82. The van der Waals surface area contributed by atoms with E-state index in [2.05, 4.69) is 4.85 Å². The first kappa shape index (κ1) is 3.85. The first-order valence-corrected chi connectivity index (χ1v) is 0.901. The molecular formula is C3NO-. The van der Waals surface area contributed by atoms with Gasteiger partial charge >= 0.3 is 0 Å². The lowest BCUT2D eigenvalue weighted by atomic mass is 11.1. The molecule has 0 fully saturated rings. The highest BCUT2D eigenvalue weighted by Crippen LogP contribution is 1.43. The zero-order valence-electron chi connectivity index (χ0n) is 2.36. The van der Waals surface area contributed by atoms with Gasteiger partial charge in [0.1, 0.15) is 12.6 Å². The summed E-state index contributed by atoms with van der Waals surface area (Å²) in [5, 5.41) is 8.96. The first-order chi connectivity index (χ1) is 2.41. The molecule has 0 saturated heterocycles. The Labute approximate surface area is 29.9 Å². The van der Waals surface area contributed by atoms with Crippen molar-refractivity contribution < 1.29 is 5.11 Å². The topological polar surface area (TPSA) is 27.4 Å². The number of rotatable bonds is 0. The van der Waals surface area contributed by atoms with E-state index in [0.717, 1.165) is 6.11 Å². The minimum absolute atomic E-state index is 1.16. The SMILES string of the molecule is [C-]#[N+]C#C[O-]. The maximum absolute atomic E-state index is 8.96. The van der Waals surface area contributed by atoms with Gasteiger partial charge in [-0.05, 0) is 0 Å². The summed E-state index contributed by atoms with van der Waals surface area (Å²) >= 11 is 0. The van der Waals surface area contributed by atoms with Crippen molar-refractivity contribution in [3.8, 4) is 12.2 Å². The van der Waals surface area contributed by atoms with Crippen LogP contribution in [0.15, 0.2) is 0 Å². The van der Waals surface area contributed by atoms with E-state index in [1.807, 2.05) is 0 Å². The second-order valence-electron chi connectivity index (χ2n) is 0.326. The van der Waals surface area contributed by atoms with Gasteiger partial charge in [-0.15, -0.1) is 0 Å². The Morgan fingerprint density at radius 3 is 2.40 bits per heavy atom. The molecule has 0 unspecified atom stereocenters. The summed E-state index contributed by atoms with van der Waals surface area (Å²) in [4.78, 5) is 2.43. The summed E-state index contributed by atoms with van der Waals surface area (Å²) in [6, 6.07) is 1.60. The zero-order valence-corrected chi connectivity index (χ0v) is 2.36. The van der Waals surface area contributed by atoms with E-state index in [1.165, 1.54) is 0 Å². The number of hydrogen-bond acceptors (Lipinski definition) is 1. The van der Waals surface area contributed by atoms with Crippen LogP contribution in [0.2, 0.25) is 0 Å². The summed E-state index contributed by atoms with van der Waals surface area (Å²) in [7, 11) is 0. The van der Waals surface area contributed by atoms with Crippen molar-refractivity contribution in [3.05, 3.63) is 11.4 Å². The van der Waals surface area contributed by atoms with Gasteiger partial charge in [0, 0.05) is 0 Å². The van der Waals surface area contributed by atoms with E-state index in [4.69, 9.17) is 11.7 Å². The van der Waals surface area contributed by atoms with Crippen molar-refractivity contribution >= 4 is 0 Å². The summed E-state index contributed by atoms with van der Waals surface area (Å²) in [6.45, 7) is 5.85. The normalized spacial score (nSPS) is 3.00. The van der Waals surface area contributed by atoms with Crippen LogP contribution in [0.1, 0.15) is 0 Å². The van der Waals surface area contributed by atoms with E-state index in [0.29, 0.717) is 0 Å². The molecule has 5 heavy (non-hydrogen) atoms. The van der Waals surface area contributed by atoms with Gasteiger partial charge in [0.05, 0.1) is 0 Å². The summed E-state index contributed by atoms with van der Waals surface area (Å²) in [5.74, 6) is 0. The summed E-state index contributed by atoms with van der Waals surface area (Å²) in [6.07, 6.45) is 1.16. The Morgan fingerprint density at radius 2 is 2.40 bits per heavy atom. The first-order valence-electron chi connectivity index (χ1n) is 0.901. The van der Waals surface area contributed by atoms with Crippen molar-refractivity contribution in [1.29, 1.82) is 0 Å². The van der Waals surface area contributed by atoms with Crippen LogP contribution in [0, 0.1) is 18.7 Å². The fourth-order valence-corrected chi connectivity index (χ4v) is 0.0228. The molecule has 0 aromatic rings. The average molecular weight is 66.0 g/mol. The lowest BCUT2D eigenvalue weighted by molar-refractivity contribution is -0.247. The van der Waals surface area contributed by atoms with Gasteiger partial charge in [0.15, 0.2) is 0 Å². The maximum atomic E-state index is 8.96. The summed E-state index contributed by atoms with van der Waals surface area (Å²) < 4.78 is 0. The van der Waals surface area contributed by atoms with Gasteiger partial charge in [-0.25, -0.2) is 0 Å². The van der Waals surface area contributed by atoms with Crippen molar-refractivity contribution in [3.63, 3.8) is 0 Å². The maximum Gasteiger partial charge on any atom is 0.122 e. The highest BCUT2D eigenvalue weighted by Gasteiger charge is 1.29. The third kappa shape index (κ3) is 2.85. The third-order valence-corrected chi connectivity index (χ3v) is 0.102. The van der Waals surface area contributed by atoms with Gasteiger partial charge in [-0.2, -0.15) is 11.0 Å². The Hall–Kier alpha value is -1.15. The van der Waals surface area contributed by atoms with Crippen molar-refractivity contribution in [2.75, 3.05) is 0 Å². The second-order valence-corrected chi connectivity index (χ2v) is 0.326. The largest absolute Gasteiger partial charge is 0.844 e. The van der Waals surface area contributed by atoms with E-state index < -0.39 is 0 Å². The monoisotopic (exact) mass is 66.0 g/mol. The van der Waals surface area contributed by atoms with Crippen LogP contribution in [0.4, 0.5) is 0 Å². The van der Waals surface area contributed by atoms with Gasteiger partial charge < -0.3 is 5.11 Å². The molecule has 0 radical (unpaired) electrons. The summed E-state index contributed by atoms with van der Waals surface area (Å²) in [5.41, 5.74) is 0. The van der Waals surface area contributed by atoms with Gasteiger partial charge in [0.25, 0.3) is 0 Å². The Balaban J connectivity index is 3.30. The smallest absolute Gasteiger partial charge is 0.122 e. The van der Waals surface area contributed by atoms with Crippen LogP contribution in [0.25, 0.3) is 4.85 Å². The van der Waals surface area contributed by atoms with Crippen LogP contribution >= 0.6 is 0 Å². The quantitative estimate of drug-likeness (QED) is 0.268. The molecule has 0 N–H and O–H groups in total. The van der Waals surface area contributed by atoms with E-state index in [1.54, 1.807) is 6.04 Å². The van der Waals surface area contributed by atoms with Crippen LogP contribution < -0.4 is 5.11 Å². The molecule has 0 aromatic heterocycles. The molecule has 0 aliphatic rings. The highest BCUT2D eigenvalue weighted by atomic mass is 16.2. The Morgan fingerprint density at radius 1 is 1.80 bits per heavy atom. The van der Waals surface area contributed by atoms with Gasteiger partial charge in [0.2, 0.25) is 0 Å². The van der Waals surface area contributed by atoms with E-state index >= 15 is 0 Å². The minimum Gasteiger partial charge on any atom is -0.844 e. The molecule has 0 aliphatic heterocycles. The zero-order chi connectivity index (χ0) is 4.12. The molecule has 0 amide bonds. The molecular weight excluding hydrogens is 66.0 g/mol. The molecule has 2 heteroatoms.